The number of amidine groups is 1. The number of nitrogens with zero attached hydrogens (tertiary/aromatic N) is 1. The molecule has 2 unspecified atom stereocenters. The van der Waals surface area contributed by atoms with Crippen LogP contribution in [0.5, 0.6) is 0 Å². The van der Waals surface area contributed by atoms with Crippen molar-refractivity contribution >= 4 is 22.8 Å². The third-order valence-electron chi connectivity index (χ3n) is 2.39. The van der Waals surface area contributed by atoms with E-state index in [1.807, 2.05) is 0 Å². The van der Waals surface area contributed by atoms with Gasteiger partial charge in [-0.05, 0) is 6.42 Å². The number of hydrogen-bond donors (Lipinski definition) is 2. The van der Waals surface area contributed by atoms with Gasteiger partial charge in [-0.1, -0.05) is 18.7 Å². The summed E-state index contributed by atoms with van der Waals surface area (Å²) in [5.74, 6) is 0.172. The van der Waals surface area contributed by atoms with Crippen LogP contribution in [0.25, 0.3) is 0 Å². The maximum Gasteiger partial charge on any atom is 0.220 e. The maximum absolute atomic E-state index is 10.9. The lowest BCUT2D eigenvalue weighted by atomic mass is 10.2. The SMILES string of the molecule is CC1CN=C(NCC2CCC(=O)N2)S1. The third kappa shape index (κ3) is 2.41. The van der Waals surface area contributed by atoms with Gasteiger partial charge in [-0.15, -0.1) is 0 Å². The van der Waals surface area contributed by atoms with Gasteiger partial charge in [0.2, 0.25) is 5.91 Å². The molecule has 4 nitrogen and oxygen atoms in total. The van der Waals surface area contributed by atoms with Gasteiger partial charge in [0.1, 0.15) is 0 Å². The summed E-state index contributed by atoms with van der Waals surface area (Å²) in [7, 11) is 0. The van der Waals surface area contributed by atoms with Crippen LogP contribution in [-0.4, -0.2) is 35.5 Å². The Hall–Kier alpha value is -0.710. The minimum Gasteiger partial charge on any atom is -0.363 e. The monoisotopic (exact) mass is 213 g/mol. The molecule has 2 N–H and O–H groups in total. The molecule has 0 saturated carbocycles. The normalized spacial score (nSPS) is 31.5. The van der Waals surface area contributed by atoms with Crippen LogP contribution in [0.1, 0.15) is 19.8 Å². The molecule has 2 aliphatic rings. The fourth-order valence-corrected chi connectivity index (χ4v) is 2.46. The van der Waals surface area contributed by atoms with Gasteiger partial charge >= 0.3 is 0 Å². The minimum absolute atomic E-state index is 0.172. The van der Waals surface area contributed by atoms with Gasteiger partial charge in [-0.25, -0.2) is 0 Å². The molecule has 0 aromatic carbocycles. The summed E-state index contributed by atoms with van der Waals surface area (Å²) in [5.41, 5.74) is 0. The van der Waals surface area contributed by atoms with Crippen molar-refractivity contribution in [2.24, 2.45) is 4.99 Å². The smallest absolute Gasteiger partial charge is 0.220 e. The van der Waals surface area contributed by atoms with Crippen molar-refractivity contribution in [2.75, 3.05) is 13.1 Å². The van der Waals surface area contributed by atoms with Crippen molar-refractivity contribution in [1.29, 1.82) is 0 Å². The van der Waals surface area contributed by atoms with E-state index in [-0.39, 0.29) is 5.91 Å². The molecular formula is C9H15N3OS. The van der Waals surface area contributed by atoms with E-state index in [1.54, 1.807) is 11.8 Å². The average molecular weight is 213 g/mol. The summed E-state index contributed by atoms with van der Waals surface area (Å²) in [6.45, 7) is 3.88. The first-order chi connectivity index (χ1) is 6.74. The number of hydrogen-bond acceptors (Lipinski definition) is 4. The summed E-state index contributed by atoms with van der Waals surface area (Å²) in [6.07, 6.45) is 1.61. The summed E-state index contributed by atoms with van der Waals surface area (Å²) in [5, 5.41) is 7.82. The fraction of sp³-hybridized carbons (Fsp3) is 0.778. The molecular weight excluding hydrogens is 198 g/mol. The lowest BCUT2D eigenvalue weighted by molar-refractivity contribution is -0.119. The molecule has 2 aliphatic heterocycles. The number of nitrogens with one attached hydrogen (secondary N) is 2. The van der Waals surface area contributed by atoms with Crippen LogP contribution in [0, 0.1) is 0 Å². The van der Waals surface area contributed by atoms with Gasteiger partial charge in [0.25, 0.3) is 0 Å². The summed E-state index contributed by atoms with van der Waals surface area (Å²) >= 11 is 1.78. The van der Waals surface area contributed by atoms with Crippen molar-refractivity contribution < 1.29 is 4.79 Å². The van der Waals surface area contributed by atoms with Crippen molar-refractivity contribution in [1.82, 2.24) is 10.6 Å². The Bertz CT molecular complexity index is 267. The largest absolute Gasteiger partial charge is 0.363 e. The summed E-state index contributed by atoms with van der Waals surface area (Å²) in [4.78, 5) is 15.3. The molecule has 0 aromatic rings. The Morgan fingerprint density at radius 1 is 1.71 bits per heavy atom. The van der Waals surface area contributed by atoms with E-state index in [1.165, 1.54) is 0 Å². The second-order valence-corrected chi connectivity index (χ2v) is 5.19. The van der Waals surface area contributed by atoms with Gasteiger partial charge in [-0.2, -0.15) is 0 Å². The van der Waals surface area contributed by atoms with Crippen molar-refractivity contribution in [3.05, 3.63) is 0 Å². The zero-order valence-electron chi connectivity index (χ0n) is 8.25. The Balaban J connectivity index is 1.70. The van der Waals surface area contributed by atoms with Gasteiger partial charge < -0.3 is 10.6 Å². The maximum atomic E-state index is 10.9. The highest BCUT2D eigenvalue weighted by molar-refractivity contribution is 8.14. The quantitative estimate of drug-likeness (QED) is 0.696. The average Bonchev–Trinajstić information content (AvgIpc) is 2.72. The number of aliphatic imine (C=N–C) groups is 1. The minimum atomic E-state index is 0.172. The predicted octanol–water partition coefficient (Wildman–Crippen LogP) is 0.346. The highest BCUT2D eigenvalue weighted by Gasteiger charge is 2.21. The van der Waals surface area contributed by atoms with Gasteiger partial charge in [0.15, 0.2) is 5.17 Å². The van der Waals surface area contributed by atoms with E-state index in [4.69, 9.17) is 0 Å². The molecule has 14 heavy (non-hydrogen) atoms. The molecule has 1 amide bonds. The second-order valence-electron chi connectivity index (χ2n) is 3.76. The molecule has 0 aromatic heterocycles. The summed E-state index contributed by atoms with van der Waals surface area (Å²) in [6, 6.07) is 0.293. The molecule has 78 valence electrons. The Labute approximate surface area is 87.9 Å². The first-order valence-electron chi connectivity index (χ1n) is 4.98. The highest BCUT2D eigenvalue weighted by Crippen LogP contribution is 2.18. The zero-order valence-corrected chi connectivity index (χ0v) is 9.06. The summed E-state index contributed by atoms with van der Waals surface area (Å²) < 4.78 is 0. The second kappa shape index (κ2) is 4.21. The lowest BCUT2D eigenvalue weighted by Crippen LogP contribution is -2.37. The molecule has 5 heteroatoms. The number of carbonyl (C=O) groups is 1. The van der Waals surface area contributed by atoms with Crippen molar-refractivity contribution in [2.45, 2.75) is 31.1 Å². The Morgan fingerprint density at radius 2 is 2.57 bits per heavy atom. The van der Waals surface area contributed by atoms with Gasteiger partial charge in [-0.3, -0.25) is 9.79 Å². The van der Waals surface area contributed by atoms with Crippen molar-refractivity contribution in [3.63, 3.8) is 0 Å². The zero-order chi connectivity index (χ0) is 9.97. The van der Waals surface area contributed by atoms with E-state index in [0.29, 0.717) is 17.7 Å². The standard InChI is InChI=1S/C9H15N3OS/c1-6-4-10-9(14-6)11-5-7-2-3-8(13)12-7/h6-7H,2-5H2,1H3,(H,10,11)(H,12,13). The Morgan fingerprint density at radius 3 is 3.14 bits per heavy atom. The van der Waals surface area contributed by atoms with E-state index >= 15 is 0 Å². The fourth-order valence-electron chi connectivity index (χ4n) is 1.62. The number of carbonyl (C=O) groups excluding carboxylic acids is 1. The molecule has 2 heterocycles. The van der Waals surface area contributed by atoms with Crippen LogP contribution in [-0.2, 0) is 4.79 Å². The van der Waals surface area contributed by atoms with Crippen LogP contribution in [0.2, 0.25) is 0 Å². The van der Waals surface area contributed by atoms with Crippen LogP contribution in [0.4, 0.5) is 0 Å². The number of thioether (sulfide) groups is 1. The van der Waals surface area contributed by atoms with E-state index in [0.717, 1.165) is 24.7 Å². The van der Waals surface area contributed by atoms with Crippen LogP contribution in [0.15, 0.2) is 4.99 Å². The van der Waals surface area contributed by atoms with Crippen LogP contribution >= 0.6 is 11.8 Å². The molecule has 0 bridgehead atoms. The number of amides is 1. The molecule has 0 radical (unpaired) electrons. The molecule has 0 aliphatic carbocycles. The van der Waals surface area contributed by atoms with Crippen LogP contribution < -0.4 is 10.6 Å². The first kappa shape index (κ1) is 9.83. The lowest BCUT2D eigenvalue weighted by Gasteiger charge is -2.11. The topological polar surface area (TPSA) is 53.5 Å². The van der Waals surface area contributed by atoms with E-state index in [9.17, 15) is 4.79 Å². The van der Waals surface area contributed by atoms with Gasteiger partial charge in [0, 0.05) is 24.3 Å². The highest BCUT2D eigenvalue weighted by atomic mass is 32.2. The van der Waals surface area contributed by atoms with Gasteiger partial charge in [0.05, 0.1) is 6.54 Å². The molecule has 1 saturated heterocycles. The Kier molecular flexibility index (Phi) is 2.96. The predicted molar refractivity (Wildman–Crippen MR) is 58.5 cm³/mol. The number of rotatable bonds is 2. The molecule has 0 spiro atoms. The molecule has 1 fully saturated rings. The van der Waals surface area contributed by atoms with Crippen LogP contribution in [0.3, 0.4) is 0 Å². The first-order valence-corrected chi connectivity index (χ1v) is 5.86. The van der Waals surface area contributed by atoms with Crippen molar-refractivity contribution in [3.8, 4) is 0 Å². The van der Waals surface area contributed by atoms with E-state index in [2.05, 4.69) is 22.5 Å². The third-order valence-corrected chi connectivity index (χ3v) is 3.44. The van der Waals surface area contributed by atoms with E-state index < -0.39 is 0 Å². The molecule has 2 atom stereocenters. The molecule has 2 rings (SSSR count).